The minimum absolute atomic E-state index is 0. The van der Waals surface area contributed by atoms with Crippen molar-refractivity contribution < 1.29 is 53.3 Å². The molecule has 6 aromatic rings. The number of aliphatic hydroxyl groups is 1. The number of pyridine rings is 2. The summed E-state index contributed by atoms with van der Waals surface area (Å²) < 4.78 is 5.80. The number of hydrazine groups is 1. The zero-order chi connectivity index (χ0) is 67.4. The highest BCUT2D eigenvalue weighted by molar-refractivity contribution is 5.94. The van der Waals surface area contributed by atoms with Crippen LogP contribution in [0.25, 0.3) is 33.7 Å². The third kappa shape index (κ3) is 24.6. The Morgan fingerprint density at radius 3 is 1.57 bits per heavy atom. The van der Waals surface area contributed by atoms with Crippen molar-refractivity contribution >= 4 is 81.1 Å². The van der Waals surface area contributed by atoms with Gasteiger partial charge in [0, 0.05) is 55.6 Å². The first-order valence-corrected chi connectivity index (χ1v) is 31.7. The summed E-state index contributed by atoms with van der Waals surface area (Å²) in [5, 5.41) is 35.2. The standard InChI is InChI=1S/C36H43N5O5.C24H33N3O5.C13H13NO.2CH4/c1-5-7-15-33(42)39-31(19-16-26-12-9-8-10-13-26)34(43)38-24(3)35(44)41-20-11-14-32(40-41)36(45)46-25(4)27-17-18-28-23-37-30(6-2)22-29(28)21-27;1-3-4-12-21(28)26-20(14-13-18-9-6-5-7-10-18)22(29)25-17(2)23(30)27-15-8-11-19(16-27)24(31)32;1-3-13-7-12-6-10(9(2)15)4-5-11(12)8-14-13;;/h5-10,12-13,17-18,21-25,31-32,40H,2,11,14-16,19-20H2,1,3-4H3,(H,38,43)(H,39,42);3-7,9-10,17,19-20H,8,11-16H2,1-2H3,(H,25,29)(H,26,28)(H,31,32);3-9,15H,1H2,2H3;2*1H4/b7-5+;4-3+;;;/t24-,25+,31-,32-;17-,19+,20-;9-;;/m001../s1. The number of nitrogens with zero attached hydrogens (tertiary/aromatic N) is 4. The Morgan fingerprint density at radius 1 is 0.621 bits per heavy atom. The summed E-state index contributed by atoms with van der Waals surface area (Å²) in [5.41, 5.74) is 8.45. The predicted molar refractivity (Wildman–Crippen MR) is 375 cm³/mol. The molecule has 2 saturated heterocycles. The van der Waals surface area contributed by atoms with Crippen molar-refractivity contribution in [3.8, 4) is 0 Å². The maximum atomic E-state index is 13.4. The summed E-state index contributed by atoms with van der Waals surface area (Å²) >= 11 is 0. The van der Waals surface area contributed by atoms with E-state index in [1.807, 2.05) is 136 Å². The molecule has 0 radical (unpaired) electrons. The number of rotatable bonds is 25. The van der Waals surface area contributed by atoms with E-state index in [0.717, 1.165) is 55.2 Å². The average Bonchev–Trinajstić information content (AvgIpc) is 0.864. The number of carboxylic acid groups (broad SMARTS) is 1. The fourth-order valence-electron chi connectivity index (χ4n) is 10.6. The second kappa shape index (κ2) is 39.8. The first-order valence-electron chi connectivity index (χ1n) is 31.7. The maximum absolute atomic E-state index is 13.4. The lowest BCUT2D eigenvalue weighted by Crippen LogP contribution is -2.60. The molecule has 2 aliphatic rings. The van der Waals surface area contributed by atoms with Gasteiger partial charge in [0.05, 0.1) is 23.4 Å². The maximum Gasteiger partial charge on any atom is 0.325 e. The van der Waals surface area contributed by atoms with Crippen molar-refractivity contribution in [1.82, 2.24) is 46.6 Å². The Kier molecular flexibility index (Phi) is 32.6. The number of aliphatic hydroxyl groups excluding tert-OH is 1. The highest BCUT2D eigenvalue weighted by Gasteiger charge is 2.35. The van der Waals surface area contributed by atoms with E-state index in [2.05, 4.69) is 49.8 Å². The minimum Gasteiger partial charge on any atom is -0.481 e. The number of benzene rings is 4. The molecule has 4 heterocycles. The van der Waals surface area contributed by atoms with E-state index >= 15 is 0 Å². The van der Waals surface area contributed by atoms with Crippen molar-refractivity contribution in [2.24, 2.45) is 5.92 Å². The Balaban J connectivity index is 0.000000338. The monoisotopic (exact) mass is 1300 g/mol. The van der Waals surface area contributed by atoms with Gasteiger partial charge in [-0.3, -0.25) is 53.3 Å². The molecule has 2 aliphatic heterocycles. The van der Waals surface area contributed by atoms with Crippen LogP contribution in [-0.4, -0.2) is 127 Å². The van der Waals surface area contributed by atoms with Gasteiger partial charge in [-0.05, 0) is 162 Å². The molecule has 2 aromatic heterocycles. The fraction of sp³-hybridized carbons (Fsp3) is 0.387. The number of esters is 1. The lowest BCUT2D eigenvalue weighted by molar-refractivity contribution is -0.157. The number of hydrogen-bond acceptors (Lipinski definition) is 13. The van der Waals surface area contributed by atoms with Gasteiger partial charge in [0.2, 0.25) is 29.5 Å². The number of aromatic nitrogens is 2. The molecule has 508 valence electrons. The van der Waals surface area contributed by atoms with Crippen molar-refractivity contribution in [3.63, 3.8) is 0 Å². The number of aryl methyl sites for hydroxylation is 2. The van der Waals surface area contributed by atoms with E-state index in [0.29, 0.717) is 64.5 Å². The summed E-state index contributed by atoms with van der Waals surface area (Å²) in [4.78, 5) is 112. The van der Waals surface area contributed by atoms with Crippen LogP contribution in [0.15, 0.2) is 159 Å². The first-order chi connectivity index (χ1) is 44.7. The molecule has 20 nitrogen and oxygen atoms in total. The lowest BCUT2D eigenvalue weighted by Gasteiger charge is -2.35. The molecule has 0 saturated carbocycles. The summed E-state index contributed by atoms with van der Waals surface area (Å²) in [5.74, 6) is -4.08. The summed E-state index contributed by atoms with van der Waals surface area (Å²) in [6.07, 6.45) is 17.5. The van der Waals surface area contributed by atoms with Crippen molar-refractivity contribution in [2.45, 2.75) is 163 Å². The van der Waals surface area contributed by atoms with Crippen LogP contribution in [0.1, 0.15) is 154 Å². The average molecular weight is 1300 g/mol. The number of amides is 6. The molecular formula is C75H97N9O11. The Bertz CT molecular complexity index is 3600. The smallest absolute Gasteiger partial charge is 0.325 e. The van der Waals surface area contributed by atoms with Gasteiger partial charge in [-0.15, -0.1) is 0 Å². The zero-order valence-electron chi connectivity index (χ0n) is 54.1. The van der Waals surface area contributed by atoms with Crippen molar-refractivity contribution in [3.05, 3.63) is 193 Å². The molecule has 6 amide bonds. The van der Waals surface area contributed by atoms with Crippen LogP contribution in [0, 0.1) is 5.92 Å². The predicted octanol–water partition coefficient (Wildman–Crippen LogP) is 10.7. The number of ether oxygens (including phenoxy) is 1. The van der Waals surface area contributed by atoms with Gasteiger partial charge in [-0.1, -0.05) is 137 Å². The number of carbonyl (C=O) groups is 8. The molecular weight excluding hydrogens is 1200 g/mol. The topological polar surface area (TPSA) is 279 Å². The van der Waals surface area contributed by atoms with Crippen LogP contribution in [0.3, 0.4) is 0 Å². The summed E-state index contributed by atoms with van der Waals surface area (Å²) in [7, 11) is 0. The largest absolute Gasteiger partial charge is 0.481 e. The van der Waals surface area contributed by atoms with Crippen LogP contribution in [-0.2, 0) is 55.9 Å². The molecule has 0 unspecified atom stereocenters. The molecule has 0 aliphatic carbocycles. The number of hydrogen-bond donors (Lipinski definition) is 7. The lowest BCUT2D eigenvalue weighted by atomic mass is 9.97. The Hall–Kier alpha value is -9.66. The van der Waals surface area contributed by atoms with Crippen LogP contribution in [0.5, 0.6) is 0 Å². The van der Waals surface area contributed by atoms with Gasteiger partial charge < -0.3 is 41.1 Å². The molecule has 0 spiro atoms. The SMILES string of the molecule is C.C.C/C=C/CC(=O)N[C@@H](CCc1ccccc1)C(=O)N[C@@H](C)C(=O)N1CCC[C@@H](C(=O)O)C1.C=Cc1cc2cc([C@@H](C)O)ccc2cn1.C=Cc1cc2cc([C@@H](C)OC(=O)[C@@H]3CCCN(C(=O)[C@H](C)NC(=O)[C@H](CCc4ccccc4)NC(=O)C/C=C/C)N3)ccc2cn1. The van der Waals surface area contributed by atoms with Gasteiger partial charge in [0.25, 0.3) is 5.91 Å². The molecule has 20 heteroatoms. The van der Waals surface area contributed by atoms with Crippen molar-refractivity contribution in [2.75, 3.05) is 19.6 Å². The zero-order valence-corrected chi connectivity index (χ0v) is 54.1. The van der Waals surface area contributed by atoms with E-state index in [1.54, 1.807) is 63.4 Å². The van der Waals surface area contributed by atoms with Crippen LogP contribution in [0.4, 0.5) is 0 Å². The van der Waals surface area contributed by atoms with Gasteiger partial charge >= 0.3 is 11.9 Å². The number of likely N-dealkylation sites (tertiary alicyclic amines) is 1. The Morgan fingerprint density at radius 2 is 1.09 bits per heavy atom. The highest BCUT2D eigenvalue weighted by atomic mass is 16.5. The first kappa shape index (κ1) is 77.8. The molecule has 7 N–H and O–H groups in total. The quantitative estimate of drug-likeness (QED) is 0.0207. The molecule has 95 heavy (non-hydrogen) atoms. The normalized spacial score (nSPS) is 16.2. The minimum atomic E-state index is -0.913. The molecule has 8 rings (SSSR count). The number of allylic oxidation sites excluding steroid dienone is 2. The molecule has 2 fully saturated rings. The van der Waals surface area contributed by atoms with Gasteiger partial charge in [-0.2, -0.15) is 0 Å². The highest BCUT2D eigenvalue weighted by Crippen LogP contribution is 2.26. The Labute approximate surface area is 559 Å². The molecule has 0 bridgehead atoms. The number of nitrogens with one attached hydrogen (secondary N) is 5. The van der Waals surface area contributed by atoms with E-state index in [-0.39, 0.29) is 57.9 Å². The molecule has 8 atom stereocenters. The van der Waals surface area contributed by atoms with Crippen LogP contribution < -0.4 is 26.7 Å². The molecule has 4 aromatic carbocycles. The van der Waals surface area contributed by atoms with Crippen LogP contribution >= 0.6 is 0 Å². The van der Waals surface area contributed by atoms with Crippen LogP contribution in [0.2, 0.25) is 0 Å². The summed E-state index contributed by atoms with van der Waals surface area (Å²) in [6, 6.07) is 30.9. The third-order valence-electron chi connectivity index (χ3n) is 16.0. The van der Waals surface area contributed by atoms with E-state index in [1.165, 1.54) is 9.91 Å². The number of aliphatic carboxylic acids is 1. The van der Waals surface area contributed by atoms with Crippen molar-refractivity contribution in [1.29, 1.82) is 0 Å². The second-order valence-corrected chi connectivity index (χ2v) is 23.2. The fourth-order valence-corrected chi connectivity index (χ4v) is 10.6. The number of carbonyl (C=O) groups excluding carboxylic acids is 7. The van der Waals surface area contributed by atoms with Gasteiger partial charge in [0.15, 0.2) is 0 Å². The van der Waals surface area contributed by atoms with E-state index in [4.69, 9.17) is 4.74 Å². The van der Waals surface area contributed by atoms with Gasteiger partial charge in [-0.25, -0.2) is 5.43 Å². The van der Waals surface area contributed by atoms with Gasteiger partial charge in [0.1, 0.15) is 36.3 Å². The number of carboxylic acids is 1. The number of piperidine rings is 1. The van der Waals surface area contributed by atoms with E-state index in [9.17, 15) is 48.6 Å². The third-order valence-corrected chi connectivity index (χ3v) is 16.0. The summed E-state index contributed by atoms with van der Waals surface area (Å²) in [6.45, 7) is 18.8. The number of fused-ring (bicyclic) bond motifs is 2. The second-order valence-electron chi connectivity index (χ2n) is 23.2. The van der Waals surface area contributed by atoms with E-state index < -0.39 is 72.1 Å².